The highest BCUT2D eigenvalue weighted by Crippen LogP contribution is 2.34. The van der Waals surface area contributed by atoms with Crippen LogP contribution in [0.4, 0.5) is 8.78 Å². The summed E-state index contributed by atoms with van der Waals surface area (Å²) in [5.41, 5.74) is 1.16. The lowest BCUT2D eigenvalue weighted by molar-refractivity contribution is -0.140. The molecule has 2 rings (SSSR count). The van der Waals surface area contributed by atoms with Crippen molar-refractivity contribution in [2.75, 3.05) is 6.61 Å². The van der Waals surface area contributed by atoms with Crippen molar-refractivity contribution < 1.29 is 23.0 Å². The van der Waals surface area contributed by atoms with Gasteiger partial charge in [-0.05, 0) is 31.1 Å². The van der Waals surface area contributed by atoms with Gasteiger partial charge in [0.05, 0.1) is 18.2 Å². The first-order valence-electron chi connectivity index (χ1n) is 7.78. The number of ether oxygens (including phenoxy) is 2. The molecule has 0 bridgehead atoms. The van der Waals surface area contributed by atoms with Gasteiger partial charge in [0.2, 0.25) is 0 Å². The second-order valence-electron chi connectivity index (χ2n) is 5.98. The third-order valence-corrected chi connectivity index (χ3v) is 3.70. The number of nitrogens with one attached hydrogen (secondary N) is 2. The number of carbonyl (C=O) groups is 1. The summed E-state index contributed by atoms with van der Waals surface area (Å²) in [7, 11) is 0. The number of hydrogen-bond acceptors (Lipinski definition) is 4. The largest absolute Gasteiger partial charge is 0.462 e. The lowest BCUT2D eigenvalue weighted by Gasteiger charge is -2.30. The predicted octanol–water partition coefficient (Wildman–Crippen LogP) is 3.28. The standard InChI is InChI=1S/C17H20F2N2O3S/c1-9(2)8-23-15(22)13-10(3)20-17(25)21-14(13)11-6-4-5-7-12(11)24-16(18)19/h4-7,9,14,16H,8H2,1-3H3,(H2,20,21,25)/t14-/m0/s1. The highest BCUT2D eigenvalue weighted by molar-refractivity contribution is 7.80. The van der Waals surface area contributed by atoms with Crippen molar-refractivity contribution in [3.63, 3.8) is 0 Å². The zero-order valence-electron chi connectivity index (χ0n) is 14.1. The molecule has 0 aliphatic carbocycles. The summed E-state index contributed by atoms with van der Waals surface area (Å²) in [5.74, 6) is -0.393. The van der Waals surface area contributed by atoms with Gasteiger partial charge in [-0.15, -0.1) is 0 Å². The lowest BCUT2D eigenvalue weighted by atomic mass is 9.95. The Morgan fingerprint density at radius 1 is 1.32 bits per heavy atom. The molecule has 136 valence electrons. The summed E-state index contributed by atoms with van der Waals surface area (Å²) in [4.78, 5) is 12.5. The molecule has 0 unspecified atom stereocenters. The van der Waals surface area contributed by atoms with Gasteiger partial charge in [0, 0.05) is 11.3 Å². The van der Waals surface area contributed by atoms with Crippen LogP contribution in [-0.2, 0) is 9.53 Å². The summed E-state index contributed by atoms with van der Waals surface area (Å²) in [5, 5.41) is 6.09. The van der Waals surface area contributed by atoms with E-state index in [0.29, 0.717) is 11.3 Å². The van der Waals surface area contributed by atoms with E-state index in [0.717, 1.165) is 0 Å². The van der Waals surface area contributed by atoms with Gasteiger partial charge in [-0.25, -0.2) is 4.79 Å². The number of rotatable bonds is 6. The third kappa shape index (κ3) is 4.88. The highest BCUT2D eigenvalue weighted by atomic mass is 32.1. The summed E-state index contributed by atoms with van der Waals surface area (Å²) in [6.07, 6.45) is 0. The third-order valence-electron chi connectivity index (χ3n) is 3.48. The summed E-state index contributed by atoms with van der Waals surface area (Å²) in [6, 6.07) is 5.52. The predicted molar refractivity (Wildman–Crippen MR) is 93.2 cm³/mol. The maximum absolute atomic E-state index is 12.7. The summed E-state index contributed by atoms with van der Waals surface area (Å²) >= 11 is 5.14. The molecule has 1 aliphatic rings. The first-order valence-corrected chi connectivity index (χ1v) is 8.19. The molecule has 0 aromatic heterocycles. The van der Waals surface area contributed by atoms with Crippen LogP contribution < -0.4 is 15.4 Å². The SMILES string of the molecule is CC1=C(C(=O)OCC(C)C)[C@H](c2ccccc2OC(F)F)NC(=S)N1. The Morgan fingerprint density at radius 2 is 2.00 bits per heavy atom. The summed E-state index contributed by atoms with van der Waals surface area (Å²) < 4.78 is 35.3. The van der Waals surface area contributed by atoms with Crippen molar-refractivity contribution in [1.29, 1.82) is 0 Å². The van der Waals surface area contributed by atoms with Gasteiger partial charge in [-0.1, -0.05) is 32.0 Å². The highest BCUT2D eigenvalue weighted by Gasteiger charge is 2.33. The molecule has 2 N–H and O–H groups in total. The number of allylic oxidation sites excluding steroid dienone is 1. The quantitative estimate of drug-likeness (QED) is 0.592. The van der Waals surface area contributed by atoms with Crippen LogP contribution in [-0.4, -0.2) is 24.3 Å². The van der Waals surface area contributed by atoms with Gasteiger partial charge in [-0.2, -0.15) is 8.78 Å². The average Bonchev–Trinajstić information content (AvgIpc) is 2.51. The number of esters is 1. The minimum atomic E-state index is -2.98. The van der Waals surface area contributed by atoms with Crippen molar-refractivity contribution in [1.82, 2.24) is 10.6 Å². The fourth-order valence-electron chi connectivity index (χ4n) is 2.44. The van der Waals surface area contributed by atoms with Crippen LogP contribution in [0, 0.1) is 5.92 Å². The molecule has 1 aromatic rings. The Hall–Kier alpha value is -2.22. The van der Waals surface area contributed by atoms with E-state index >= 15 is 0 Å². The van der Waals surface area contributed by atoms with Crippen LogP contribution in [0.5, 0.6) is 5.75 Å². The molecular weight excluding hydrogens is 350 g/mol. The zero-order chi connectivity index (χ0) is 18.6. The molecule has 0 amide bonds. The molecule has 8 heteroatoms. The Bertz CT molecular complexity index is 692. The number of carbonyl (C=O) groups excluding carboxylic acids is 1. The van der Waals surface area contributed by atoms with E-state index in [2.05, 4.69) is 15.4 Å². The minimum absolute atomic E-state index is 0.0262. The number of thiocarbonyl (C=S) groups is 1. The Balaban J connectivity index is 2.41. The number of halogens is 2. The molecule has 0 radical (unpaired) electrons. The molecule has 25 heavy (non-hydrogen) atoms. The molecule has 1 aliphatic heterocycles. The van der Waals surface area contributed by atoms with Gasteiger partial charge in [0.15, 0.2) is 5.11 Å². The van der Waals surface area contributed by atoms with E-state index in [-0.39, 0.29) is 29.0 Å². The van der Waals surface area contributed by atoms with Crippen molar-refractivity contribution in [2.24, 2.45) is 5.92 Å². The van der Waals surface area contributed by atoms with Gasteiger partial charge < -0.3 is 20.1 Å². The second kappa shape index (κ2) is 8.24. The number of hydrogen-bond donors (Lipinski definition) is 2. The van der Waals surface area contributed by atoms with Crippen LogP contribution in [0.2, 0.25) is 0 Å². The number of para-hydroxylation sites is 1. The maximum Gasteiger partial charge on any atom is 0.387 e. The van der Waals surface area contributed by atoms with Gasteiger partial charge in [-0.3, -0.25) is 0 Å². The fourth-order valence-corrected chi connectivity index (χ4v) is 2.71. The molecule has 5 nitrogen and oxygen atoms in total. The van der Waals surface area contributed by atoms with Crippen LogP contribution in [0.3, 0.4) is 0 Å². The summed E-state index contributed by atoms with van der Waals surface area (Å²) in [6.45, 7) is 2.80. The molecule has 0 fully saturated rings. The molecule has 1 heterocycles. The first-order chi connectivity index (χ1) is 11.8. The van der Waals surface area contributed by atoms with Crippen molar-refractivity contribution >= 4 is 23.3 Å². The average molecular weight is 370 g/mol. The van der Waals surface area contributed by atoms with Crippen molar-refractivity contribution in [3.8, 4) is 5.75 Å². The monoisotopic (exact) mass is 370 g/mol. The van der Waals surface area contributed by atoms with E-state index in [1.54, 1.807) is 25.1 Å². The molecule has 1 aromatic carbocycles. The Labute approximate surface area is 150 Å². The number of benzene rings is 1. The van der Waals surface area contributed by atoms with Crippen LogP contribution in [0.25, 0.3) is 0 Å². The Morgan fingerprint density at radius 3 is 2.64 bits per heavy atom. The van der Waals surface area contributed by atoms with Gasteiger partial charge in [0.25, 0.3) is 0 Å². The van der Waals surface area contributed by atoms with Crippen molar-refractivity contribution in [2.45, 2.75) is 33.4 Å². The molecule has 0 spiro atoms. The van der Waals surface area contributed by atoms with E-state index < -0.39 is 18.6 Å². The van der Waals surface area contributed by atoms with E-state index in [9.17, 15) is 13.6 Å². The van der Waals surface area contributed by atoms with Crippen molar-refractivity contribution in [3.05, 3.63) is 41.1 Å². The fraction of sp³-hybridized carbons (Fsp3) is 0.412. The Kier molecular flexibility index (Phi) is 6.30. The molecular formula is C17H20F2N2O3S. The van der Waals surface area contributed by atoms with E-state index in [1.165, 1.54) is 6.07 Å². The molecule has 1 atom stereocenters. The van der Waals surface area contributed by atoms with Gasteiger partial charge in [0.1, 0.15) is 5.75 Å². The molecule has 0 saturated heterocycles. The normalized spacial score (nSPS) is 17.4. The smallest absolute Gasteiger partial charge is 0.387 e. The topological polar surface area (TPSA) is 59.6 Å². The zero-order valence-corrected chi connectivity index (χ0v) is 15.0. The maximum atomic E-state index is 12.7. The van der Waals surface area contributed by atoms with E-state index in [4.69, 9.17) is 17.0 Å². The van der Waals surface area contributed by atoms with E-state index in [1.807, 2.05) is 13.8 Å². The van der Waals surface area contributed by atoms with Crippen LogP contribution >= 0.6 is 12.2 Å². The number of alkyl halides is 2. The first kappa shape index (κ1) is 19.1. The van der Waals surface area contributed by atoms with Gasteiger partial charge >= 0.3 is 12.6 Å². The lowest BCUT2D eigenvalue weighted by Crippen LogP contribution is -2.45. The minimum Gasteiger partial charge on any atom is -0.462 e. The van der Waals surface area contributed by atoms with Crippen LogP contribution in [0.15, 0.2) is 35.5 Å². The molecule has 0 saturated carbocycles. The second-order valence-corrected chi connectivity index (χ2v) is 6.39. The van der Waals surface area contributed by atoms with Crippen LogP contribution in [0.1, 0.15) is 32.4 Å².